The monoisotopic (exact) mass is 357 g/mol. The van der Waals surface area contributed by atoms with Gasteiger partial charge in [0.25, 0.3) is 11.5 Å². The van der Waals surface area contributed by atoms with Gasteiger partial charge < -0.3 is 10.1 Å². The van der Waals surface area contributed by atoms with Gasteiger partial charge in [0.1, 0.15) is 11.4 Å². The molecule has 1 aromatic carbocycles. The lowest BCUT2D eigenvalue weighted by Crippen LogP contribution is -2.33. The third kappa shape index (κ3) is 3.41. The summed E-state index contributed by atoms with van der Waals surface area (Å²) in [5.74, 6) is 0.264. The summed E-state index contributed by atoms with van der Waals surface area (Å²) in [6.07, 6.45) is 0.892. The van der Waals surface area contributed by atoms with E-state index in [4.69, 9.17) is 4.74 Å². The Hall–Kier alpha value is -2.67. The van der Waals surface area contributed by atoms with E-state index in [0.717, 1.165) is 11.1 Å². The molecular formula is C18H19N3O3S. The summed E-state index contributed by atoms with van der Waals surface area (Å²) in [6, 6.07) is 5.82. The molecule has 25 heavy (non-hydrogen) atoms. The van der Waals surface area contributed by atoms with Crippen LogP contribution in [0.4, 0.5) is 5.69 Å². The van der Waals surface area contributed by atoms with Crippen LogP contribution in [0.15, 0.2) is 34.6 Å². The van der Waals surface area contributed by atoms with Crippen molar-refractivity contribution in [2.75, 3.05) is 5.32 Å². The summed E-state index contributed by atoms with van der Waals surface area (Å²) in [6.45, 7) is 7.24. The minimum Gasteiger partial charge on any atom is -0.481 e. The zero-order valence-corrected chi connectivity index (χ0v) is 15.3. The van der Waals surface area contributed by atoms with Crippen molar-refractivity contribution in [3.63, 3.8) is 0 Å². The highest BCUT2D eigenvalue weighted by molar-refractivity contribution is 7.15. The maximum absolute atomic E-state index is 12.5. The highest BCUT2D eigenvalue weighted by Gasteiger charge is 2.20. The average Bonchev–Trinajstić information content (AvgIpc) is 3.03. The molecule has 2 heterocycles. The Morgan fingerprint density at radius 3 is 2.84 bits per heavy atom. The number of fused-ring (bicyclic) bond motifs is 1. The van der Waals surface area contributed by atoms with Crippen molar-refractivity contribution in [1.29, 1.82) is 0 Å². The van der Waals surface area contributed by atoms with Crippen LogP contribution in [0.25, 0.3) is 4.96 Å². The lowest BCUT2D eigenvalue weighted by molar-refractivity contribution is -0.122. The number of aryl methyl sites for hydroxylation is 3. The fraction of sp³-hybridized carbons (Fsp3) is 0.278. The number of benzene rings is 1. The number of carbonyl (C=O) groups excluding carboxylic acids is 1. The van der Waals surface area contributed by atoms with E-state index >= 15 is 0 Å². The summed E-state index contributed by atoms with van der Waals surface area (Å²) in [5.41, 5.74) is 2.37. The van der Waals surface area contributed by atoms with Crippen LogP contribution < -0.4 is 15.6 Å². The van der Waals surface area contributed by atoms with Gasteiger partial charge >= 0.3 is 0 Å². The molecule has 0 saturated heterocycles. The average molecular weight is 357 g/mol. The van der Waals surface area contributed by atoms with E-state index in [1.165, 1.54) is 15.7 Å². The van der Waals surface area contributed by atoms with Crippen LogP contribution in [-0.2, 0) is 4.79 Å². The zero-order valence-electron chi connectivity index (χ0n) is 14.5. The van der Waals surface area contributed by atoms with Crippen LogP contribution >= 0.6 is 11.3 Å². The molecule has 0 aliphatic carbocycles. The van der Waals surface area contributed by atoms with E-state index in [0.29, 0.717) is 16.4 Å². The molecule has 0 bridgehead atoms. The number of aromatic nitrogens is 2. The minimum atomic E-state index is -0.748. The van der Waals surface area contributed by atoms with Gasteiger partial charge in [-0.1, -0.05) is 12.1 Å². The number of nitrogens with one attached hydrogen (secondary N) is 1. The Balaban J connectivity index is 1.82. The number of rotatable bonds is 4. The predicted molar refractivity (Wildman–Crippen MR) is 98.7 cm³/mol. The molecule has 6 nitrogen and oxygen atoms in total. The molecule has 1 atom stereocenters. The third-order valence-electron chi connectivity index (χ3n) is 3.91. The normalized spacial score (nSPS) is 12.2. The quantitative estimate of drug-likeness (QED) is 0.779. The number of hydrogen-bond donors (Lipinski definition) is 1. The maximum atomic E-state index is 12.5. The number of hydrogen-bond acceptors (Lipinski definition) is 5. The second kappa shape index (κ2) is 6.68. The Morgan fingerprint density at radius 1 is 1.32 bits per heavy atom. The summed E-state index contributed by atoms with van der Waals surface area (Å²) in [7, 11) is 0. The maximum Gasteiger partial charge on any atom is 0.282 e. The number of anilines is 1. The molecule has 0 saturated carbocycles. The first kappa shape index (κ1) is 17.2. The molecule has 2 aromatic heterocycles. The van der Waals surface area contributed by atoms with Crippen molar-refractivity contribution in [2.24, 2.45) is 0 Å². The van der Waals surface area contributed by atoms with Crippen LogP contribution in [-0.4, -0.2) is 21.4 Å². The van der Waals surface area contributed by atoms with Gasteiger partial charge in [-0.15, -0.1) is 11.3 Å². The number of thiazole rings is 1. The second-order valence-electron chi connectivity index (χ2n) is 5.95. The van der Waals surface area contributed by atoms with Crippen molar-refractivity contribution in [3.05, 3.63) is 57.0 Å². The summed E-state index contributed by atoms with van der Waals surface area (Å²) >= 11 is 1.37. The van der Waals surface area contributed by atoms with Gasteiger partial charge in [-0.05, 0) is 44.9 Å². The Labute approximate surface area is 149 Å². The van der Waals surface area contributed by atoms with Gasteiger partial charge in [0, 0.05) is 11.6 Å². The van der Waals surface area contributed by atoms with Gasteiger partial charge in [0.05, 0.1) is 5.69 Å². The van der Waals surface area contributed by atoms with Crippen molar-refractivity contribution < 1.29 is 9.53 Å². The fourth-order valence-electron chi connectivity index (χ4n) is 2.43. The smallest absolute Gasteiger partial charge is 0.282 e. The first-order valence-corrected chi connectivity index (χ1v) is 8.76. The molecule has 7 heteroatoms. The lowest BCUT2D eigenvalue weighted by Gasteiger charge is -2.17. The largest absolute Gasteiger partial charge is 0.481 e. The van der Waals surface area contributed by atoms with E-state index in [9.17, 15) is 9.59 Å². The van der Waals surface area contributed by atoms with Gasteiger partial charge in [-0.25, -0.2) is 4.98 Å². The van der Waals surface area contributed by atoms with Crippen molar-refractivity contribution >= 4 is 27.9 Å². The van der Waals surface area contributed by atoms with Crippen LogP contribution in [0.1, 0.15) is 23.7 Å². The standard InChI is InChI=1S/C18H19N3O3S/c1-10-5-6-11(2)14(9-10)24-13(4)16(22)20-15-12(3)19-18-21(17(15)23)7-8-25-18/h5-9,13H,1-4H3,(H,20,22)/t13-/m1/s1. The van der Waals surface area contributed by atoms with Gasteiger partial charge in [0.2, 0.25) is 0 Å². The van der Waals surface area contributed by atoms with Gasteiger partial charge in [-0.2, -0.15) is 0 Å². The molecular weight excluding hydrogens is 338 g/mol. The van der Waals surface area contributed by atoms with Gasteiger partial charge in [0.15, 0.2) is 11.1 Å². The van der Waals surface area contributed by atoms with Crippen LogP contribution in [0, 0.1) is 20.8 Å². The van der Waals surface area contributed by atoms with E-state index in [-0.39, 0.29) is 11.2 Å². The lowest BCUT2D eigenvalue weighted by atomic mass is 10.1. The Kier molecular flexibility index (Phi) is 4.59. The van der Waals surface area contributed by atoms with Crippen molar-refractivity contribution in [2.45, 2.75) is 33.8 Å². The molecule has 1 N–H and O–H groups in total. The first-order valence-electron chi connectivity index (χ1n) is 7.88. The van der Waals surface area contributed by atoms with E-state index < -0.39 is 12.0 Å². The molecule has 0 radical (unpaired) electrons. The summed E-state index contributed by atoms with van der Waals surface area (Å²) in [5, 5.41) is 4.44. The van der Waals surface area contributed by atoms with E-state index in [2.05, 4.69) is 10.3 Å². The molecule has 0 unspecified atom stereocenters. The van der Waals surface area contributed by atoms with Crippen LogP contribution in [0.5, 0.6) is 5.75 Å². The second-order valence-corrected chi connectivity index (χ2v) is 6.82. The molecule has 3 rings (SSSR count). The number of nitrogens with zero attached hydrogens (tertiary/aromatic N) is 2. The van der Waals surface area contributed by atoms with E-state index in [1.54, 1.807) is 25.4 Å². The zero-order chi connectivity index (χ0) is 18.1. The van der Waals surface area contributed by atoms with Crippen LogP contribution in [0.3, 0.4) is 0 Å². The molecule has 1 amide bonds. The molecule has 0 aliphatic heterocycles. The molecule has 130 valence electrons. The third-order valence-corrected chi connectivity index (χ3v) is 4.67. The topological polar surface area (TPSA) is 72.7 Å². The Morgan fingerprint density at radius 2 is 2.08 bits per heavy atom. The summed E-state index contributed by atoms with van der Waals surface area (Å²) < 4.78 is 7.19. The first-order chi connectivity index (χ1) is 11.9. The van der Waals surface area contributed by atoms with Gasteiger partial charge in [-0.3, -0.25) is 14.0 Å². The summed E-state index contributed by atoms with van der Waals surface area (Å²) in [4.78, 5) is 29.9. The predicted octanol–water partition coefficient (Wildman–Crippen LogP) is 3.09. The van der Waals surface area contributed by atoms with E-state index in [1.807, 2.05) is 32.0 Å². The Bertz CT molecular complexity index is 1010. The molecule has 0 aliphatic rings. The fourth-order valence-corrected chi connectivity index (χ4v) is 3.18. The molecule has 0 fully saturated rings. The number of amides is 1. The highest BCUT2D eigenvalue weighted by atomic mass is 32.1. The number of carbonyl (C=O) groups is 1. The van der Waals surface area contributed by atoms with Crippen molar-refractivity contribution in [3.8, 4) is 5.75 Å². The molecule has 3 aromatic rings. The highest BCUT2D eigenvalue weighted by Crippen LogP contribution is 2.21. The number of ether oxygens (including phenoxy) is 1. The minimum absolute atomic E-state index is 0.178. The van der Waals surface area contributed by atoms with Crippen LogP contribution in [0.2, 0.25) is 0 Å². The van der Waals surface area contributed by atoms with Crippen molar-refractivity contribution in [1.82, 2.24) is 9.38 Å². The SMILES string of the molecule is Cc1ccc(C)c(O[C@H](C)C(=O)Nc2c(C)nc3sccn3c2=O)c1. The molecule has 0 spiro atoms.